The van der Waals surface area contributed by atoms with Crippen LogP contribution in [-0.2, 0) is 24.1 Å². The van der Waals surface area contributed by atoms with Crippen molar-refractivity contribution in [2.45, 2.75) is 6.04 Å². The van der Waals surface area contributed by atoms with Crippen LogP contribution in [0.25, 0.3) is 11.1 Å². The minimum Gasteiger partial charge on any atom is -0.723 e. The predicted octanol–water partition coefficient (Wildman–Crippen LogP) is -6.00. The first-order chi connectivity index (χ1) is 20.0. The van der Waals surface area contributed by atoms with E-state index < -0.39 is 62.7 Å². The van der Waals surface area contributed by atoms with Gasteiger partial charge >= 0.3 is 0 Å². The van der Waals surface area contributed by atoms with Crippen molar-refractivity contribution in [1.29, 1.82) is 0 Å². The first kappa shape index (κ1) is 33.9. The van der Waals surface area contributed by atoms with Crippen LogP contribution in [0.1, 0.15) is 0 Å². The summed E-state index contributed by atoms with van der Waals surface area (Å²) in [5.41, 5.74) is 1.65. The van der Waals surface area contributed by atoms with Gasteiger partial charge in [-0.3, -0.25) is 14.7 Å². The standard InChI is InChI=1S/C27H35N3O12/c31-22-5-1-19(2-6-22)20-3-7-23(8-4-20)41-18-21(30(11-12-42-40)17-27(38)39)13-28(14-24(32)33)9-10-29(15-25(34)35)16-26(36)37/h1-8,21,31,40H,9-18H2,(H,32,33)(H,34,35)(H,36,37)(H,38,39)/p-5. The highest BCUT2D eigenvalue weighted by Gasteiger charge is 2.23. The van der Waals surface area contributed by atoms with E-state index in [1.807, 2.05) is 0 Å². The summed E-state index contributed by atoms with van der Waals surface area (Å²) < 4.78 is 5.87. The van der Waals surface area contributed by atoms with Crippen molar-refractivity contribution < 1.29 is 59.6 Å². The fraction of sp³-hybridized carbons (Fsp3) is 0.407. The van der Waals surface area contributed by atoms with Crippen molar-refractivity contribution in [2.75, 3.05) is 65.6 Å². The molecule has 0 saturated carbocycles. The molecule has 15 nitrogen and oxygen atoms in total. The van der Waals surface area contributed by atoms with E-state index in [2.05, 4.69) is 4.89 Å². The third-order valence-corrected chi connectivity index (χ3v) is 6.07. The minimum absolute atomic E-state index is 0.117. The molecule has 0 aromatic heterocycles. The van der Waals surface area contributed by atoms with Gasteiger partial charge in [0.05, 0.1) is 29.9 Å². The second-order valence-electron chi connectivity index (χ2n) is 9.26. The van der Waals surface area contributed by atoms with Gasteiger partial charge in [0.2, 0.25) is 0 Å². The number of benzene rings is 2. The van der Waals surface area contributed by atoms with Crippen LogP contribution in [0.4, 0.5) is 0 Å². The van der Waals surface area contributed by atoms with Gasteiger partial charge in [0.25, 0.3) is 0 Å². The van der Waals surface area contributed by atoms with E-state index in [1.165, 1.54) is 21.9 Å². The summed E-state index contributed by atoms with van der Waals surface area (Å²) in [6.07, 6.45) is 0. The lowest BCUT2D eigenvalue weighted by atomic mass is 10.1. The minimum atomic E-state index is -1.55. The highest BCUT2D eigenvalue weighted by Crippen LogP contribution is 2.24. The van der Waals surface area contributed by atoms with Crippen molar-refractivity contribution in [2.24, 2.45) is 0 Å². The normalized spacial score (nSPS) is 12.0. The Balaban J connectivity index is 2.23. The van der Waals surface area contributed by atoms with Crippen molar-refractivity contribution in [1.82, 2.24) is 14.7 Å². The molecule has 0 aliphatic rings. The number of nitrogens with zero attached hydrogens (tertiary/aromatic N) is 3. The van der Waals surface area contributed by atoms with Gasteiger partial charge in [-0.1, -0.05) is 24.3 Å². The molecule has 0 radical (unpaired) electrons. The van der Waals surface area contributed by atoms with Crippen LogP contribution < -0.4 is 30.4 Å². The number of hydrogen-bond acceptors (Lipinski definition) is 15. The largest absolute Gasteiger partial charge is 0.723 e. The van der Waals surface area contributed by atoms with E-state index >= 15 is 0 Å². The topological polar surface area (TPSA) is 232 Å². The number of phenols is 1. The third kappa shape index (κ3) is 12.9. The van der Waals surface area contributed by atoms with Crippen molar-refractivity contribution in [3.8, 4) is 22.6 Å². The maximum Gasteiger partial charge on any atom is 0.119 e. The van der Waals surface area contributed by atoms with E-state index in [4.69, 9.17) is 4.74 Å². The van der Waals surface area contributed by atoms with Crippen LogP contribution in [0.2, 0.25) is 0 Å². The van der Waals surface area contributed by atoms with Crippen LogP contribution in [0, 0.1) is 0 Å². The molecule has 0 saturated heterocycles. The second kappa shape index (κ2) is 17.5. The van der Waals surface area contributed by atoms with Crippen LogP contribution in [0.3, 0.4) is 0 Å². The number of aliphatic carboxylic acids is 4. The zero-order valence-electron chi connectivity index (χ0n) is 22.5. The zero-order valence-corrected chi connectivity index (χ0v) is 22.5. The summed E-state index contributed by atoms with van der Waals surface area (Å²) in [5.74, 6) is -5.58. The number of aromatic hydroxyl groups is 1. The fourth-order valence-electron chi connectivity index (χ4n) is 4.15. The average molecular weight is 589 g/mol. The van der Waals surface area contributed by atoms with Crippen LogP contribution >= 0.6 is 0 Å². The molecule has 2 aromatic carbocycles. The molecule has 230 valence electrons. The molecule has 0 fully saturated rings. The second-order valence-corrected chi connectivity index (χ2v) is 9.26. The van der Waals surface area contributed by atoms with Gasteiger partial charge < -0.3 is 59.6 Å². The number of carboxylic acid groups (broad SMARTS) is 4. The number of rotatable bonds is 21. The lowest BCUT2D eigenvalue weighted by Gasteiger charge is -2.36. The molecule has 1 unspecified atom stereocenters. The molecule has 2 rings (SSSR count). The van der Waals surface area contributed by atoms with Crippen molar-refractivity contribution >= 4 is 23.9 Å². The van der Waals surface area contributed by atoms with Crippen LogP contribution in [0.5, 0.6) is 11.5 Å². The first-order valence-electron chi connectivity index (χ1n) is 12.7. The summed E-state index contributed by atoms with van der Waals surface area (Å²) in [7, 11) is 0. The molecule has 42 heavy (non-hydrogen) atoms. The Morgan fingerprint density at radius 3 is 1.67 bits per heavy atom. The first-order valence-corrected chi connectivity index (χ1v) is 12.7. The molecule has 0 aliphatic heterocycles. The molecule has 0 bridgehead atoms. The molecular weight excluding hydrogens is 558 g/mol. The predicted molar refractivity (Wildman–Crippen MR) is 133 cm³/mol. The van der Waals surface area contributed by atoms with Gasteiger partial charge in [-0.25, -0.2) is 0 Å². The highest BCUT2D eigenvalue weighted by atomic mass is 17.1. The number of ether oxygens (including phenoxy) is 1. The smallest absolute Gasteiger partial charge is 0.119 e. The lowest BCUT2D eigenvalue weighted by molar-refractivity contribution is -0.689. The zero-order chi connectivity index (χ0) is 31.1. The number of carbonyl (C=O) groups is 4. The fourth-order valence-corrected chi connectivity index (χ4v) is 4.15. The molecular formula is C27H30N3O12-5. The highest BCUT2D eigenvalue weighted by molar-refractivity contribution is 5.70. The van der Waals surface area contributed by atoms with Crippen molar-refractivity contribution in [3.63, 3.8) is 0 Å². The molecule has 1 N–H and O–H groups in total. The monoisotopic (exact) mass is 588 g/mol. The summed E-state index contributed by atoms with van der Waals surface area (Å²) in [4.78, 5) is 52.3. The number of phenolic OH excluding ortho intramolecular Hbond substituents is 1. The van der Waals surface area contributed by atoms with Gasteiger partial charge in [-0.2, -0.15) is 0 Å². The maximum atomic E-state index is 11.5. The molecule has 1 atom stereocenters. The maximum absolute atomic E-state index is 11.5. The molecule has 0 heterocycles. The van der Waals surface area contributed by atoms with E-state index in [-0.39, 0.29) is 38.5 Å². The summed E-state index contributed by atoms with van der Waals surface area (Å²) >= 11 is 0. The van der Waals surface area contributed by atoms with E-state index in [9.17, 15) is 50.0 Å². The Labute approximate surface area is 241 Å². The summed E-state index contributed by atoms with van der Waals surface area (Å²) in [6, 6.07) is 12.5. The third-order valence-electron chi connectivity index (χ3n) is 6.07. The molecule has 15 heteroatoms. The SMILES string of the molecule is O=C([O-])CN(CCN(CC(=O)[O-])CC(COc1ccc(-c2ccc(O)cc2)cc1)N(CCO[O-])CC(=O)[O-])CC(=O)[O-]. The Hall–Kier alpha value is -4.28. The van der Waals surface area contributed by atoms with Gasteiger partial charge in [0, 0.05) is 59.0 Å². The quantitative estimate of drug-likeness (QED) is 0.106. The van der Waals surface area contributed by atoms with Crippen LogP contribution in [-0.4, -0.2) is 115 Å². The van der Waals surface area contributed by atoms with Gasteiger partial charge in [-0.15, -0.1) is 0 Å². The number of hydrogen-bond donors (Lipinski definition) is 1. The molecule has 0 aliphatic carbocycles. The number of carbonyl (C=O) groups excluding carboxylic acids is 4. The van der Waals surface area contributed by atoms with E-state index in [0.29, 0.717) is 5.75 Å². The molecule has 0 amide bonds. The van der Waals surface area contributed by atoms with Gasteiger partial charge in [0.15, 0.2) is 0 Å². The molecule has 2 aromatic rings. The Morgan fingerprint density at radius 2 is 1.17 bits per heavy atom. The average Bonchev–Trinajstić information content (AvgIpc) is 2.91. The van der Waals surface area contributed by atoms with E-state index in [1.54, 1.807) is 36.4 Å². The van der Waals surface area contributed by atoms with Gasteiger partial charge in [0.1, 0.15) is 18.1 Å². The van der Waals surface area contributed by atoms with Crippen LogP contribution in [0.15, 0.2) is 48.5 Å². The summed E-state index contributed by atoms with van der Waals surface area (Å²) in [6.45, 7) is -4.14. The lowest BCUT2D eigenvalue weighted by Crippen LogP contribution is -2.54. The molecule has 0 spiro atoms. The number of carboxylic acids is 4. The Morgan fingerprint density at radius 1 is 0.690 bits per heavy atom. The Kier molecular flexibility index (Phi) is 14.1. The summed E-state index contributed by atoms with van der Waals surface area (Å²) in [5, 5.41) is 65.1. The van der Waals surface area contributed by atoms with Crippen molar-refractivity contribution in [3.05, 3.63) is 48.5 Å². The van der Waals surface area contributed by atoms with Gasteiger partial charge in [-0.05, 0) is 35.4 Å². The Bertz CT molecular complexity index is 1140. The van der Waals surface area contributed by atoms with E-state index in [0.717, 1.165) is 16.0 Å².